The molecule has 5 heteroatoms. The van der Waals surface area contributed by atoms with Crippen LogP contribution in [0.15, 0.2) is 24.3 Å². The molecule has 2 aromatic rings. The fourth-order valence-corrected chi connectivity index (χ4v) is 2.17. The lowest BCUT2D eigenvalue weighted by Gasteiger charge is -2.06. The SMILES string of the molecule is CC(=O)c1[nH]c(C)c(C(=O)Nc2ccc(F)cc2)c1C. The van der Waals surface area contributed by atoms with E-state index in [0.717, 1.165) is 0 Å². The normalized spacial score (nSPS) is 10.4. The minimum atomic E-state index is -0.365. The highest BCUT2D eigenvalue weighted by Crippen LogP contribution is 2.20. The number of halogens is 1. The fourth-order valence-electron chi connectivity index (χ4n) is 2.17. The van der Waals surface area contributed by atoms with Crippen LogP contribution in [-0.2, 0) is 0 Å². The highest BCUT2D eigenvalue weighted by atomic mass is 19.1. The van der Waals surface area contributed by atoms with Gasteiger partial charge in [-0.3, -0.25) is 9.59 Å². The summed E-state index contributed by atoms with van der Waals surface area (Å²) in [7, 11) is 0. The predicted molar refractivity (Wildman–Crippen MR) is 74.6 cm³/mol. The quantitative estimate of drug-likeness (QED) is 0.844. The Hall–Kier alpha value is -2.43. The minimum Gasteiger partial charge on any atom is -0.355 e. The van der Waals surface area contributed by atoms with Gasteiger partial charge in [0.1, 0.15) is 5.82 Å². The summed E-state index contributed by atoms with van der Waals surface area (Å²) in [5.74, 6) is -0.808. The van der Waals surface area contributed by atoms with Gasteiger partial charge in [0.15, 0.2) is 5.78 Å². The van der Waals surface area contributed by atoms with E-state index in [2.05, 4.69) is 10.3 Å². The van der Waals surface area contributed by atoms with Crippen LogP contribution in [-0.4, -0.2) is 16.7 Å². The minimum absolute atomic E-state index is 0.119. The van der Waals surface area contributed by atoms with E-state index in [-0.39, 0.29) is 17.5 Å². The molecule has 4 nitrogen and oxygen atoms in total. The lowest BCUT2D eigenvalue weighted by Crippen LogP contribution is -2.13. The number of rotatable bonds is 3. The molecule has 104 valence electrons. The van der Waals surface area contributed by atoms with Crippen molar-refractivity contribution in [1.82, 2.24) is 4.98 Å². The van der Waals surface area contributed by atoms with E-state index in [4.69, 9.17) is 0 Å². The van der Waals surface area contributed by atoms with Crippen LogP contribution < -0.4 is 5.32 Å². The zero-order chi connectivity index (χ0) is 14.9. The second-order valence-corrected chi connectivity index (χ2v) is 4.64. The molecule has 0 atom stereocenters. The van der Waals surface area contributed by atoms with Crippen molar-refractivity contribution in [2.75, 3.05) is 5.32 Å². The molecule has 0 unspecified atom stereocenters. The van der Waals surface area contributed by atoms with E-state index in [0.29, 0.717) is 28.2 Å². The molecule has 2 N–H and O–H groups in total. The molecule has 1 heterocycles. The standard InChI is InChI=1S/C15H15FN2O2/c1-8-13(9(2)17-14(8)10(3)19)15(20)18-12-6-4-11(16)5-7-12/h4-7,17H,1-3H3,(H,18,20). The lowest BCUT2D eigenvalue weighted by molar-refractivity contribution is 0.101. The summed E-state index contributed by atoms with van der Waals surface area (Å²) in [4.78, 5) is 26.6. The van der Waals surface area contributed by atoms with E-state index in [9.17, 15) is 14.0 Å². The van der Waals surface area contributed by atoms with Crippen molar-refractivity contribution in [3.63, 3.8) is 0 Å². The Morgan fingerprint density at radius 3 is 2.25 bits per heavy atom. The van der Waals surface area contributed by atoms with Crippen LogP contribution in [0, 0.1) is 19.7 Å². The molecule has 0 fully saturated rings. The van der Waals surface area contributed by atoms with Gasteiger partial charge in [0, 0.05) is 18.3 Å². The molecule has 0 bridgehead atoms. The average molecular weight is 274 g/mol. The van der Waals surface area contributed by atoms with Crippen LogP contribution in [0.25, 0.3) is 0 Å². The zero-order valence-electron chi connectivity index (χ0n) is 11.5. The number of aromatic nitrogens is 1. The summed E-state index contributed by atoms with van der Waals surface area (Å²) in [6, 6.07) is 5.51. The number of amides is 1. The molecule has 0 spiro atoms. The van der Waals surface area contributed by atoms with Gasteiger partial charge in [0.05, 0.1) is 11.3 Å². The monoisotopic (exact) mass is 274 g/mol. The van der Waals surface area contributed by atoms with E-state index in [1.807, 2.05) is 0 Å². The van der Waals surface area contributed by atoms with E-state index in [1.54, 1.807) is 13.8 Å². The third-order valence-electron chi connectivity index (χ3n) is 3.12. The number of Topliss-reactive ketones (excluding diaryl/α,β-unsaturated/α-hetero) is 1. The number of hydrogen-bond donors (Lipinski definition) is 2. The van der Waals surface area contributed by atoms with Gasteiger partial charge >= 0.3 is 0 Å². The van der Waals surface area contributed by atoms with E-state index >= 15 is 0 Å². The van der Waals surface area contributed by atoms with Crippen LogP contribution in [0.4, 0.5) is 10.1 Å². The van der Waals surface area contributed by atoms with Crippen molar-refractivity contribution in [2.45, 2.75) is 20.8 Å². The predicted octanol–water partition coefficient (Wildman–Crippen LogP) is 3.23. The molecule has 0 aliphatic carbocycles. The maximum Gasteiger partial charge on any atom is 0.257 e. The van der Waals surface area contributed by atoms with Crippen LogP contribution in [0.3, 0.4) is 0 Å². The number of aromatic amines is 1. The first-order valence-corrected chi connectivity index (χ1v) is 6.17. The Morgan fingerprint density at radius 1 is 1.15 bits per heavy atom. The van der Waals surface area contributed by atoms with E-state index < -0.39 is 0 Å². The Bertz CT molecular complexity index is 672. The number of aryl methyl sites for hydroxylation is 1. The number of hydrogen-bond acceptors (Lipinski definition) is 2. The first-order chi connectivity index (χ1) is 9.40. The molecular weight excluding hydrogens is 259 g/mol. The van der Waals surface area contributed by atoms with Crippen LogP contribution in [0.1, 0.15) is 39.0 Å². The van der Waals surface area contributed by atoms with Crippen LogP contribution >= 0.6 is 0 Å². The number of ketones is 1. The Labute approximate surface area is 116 Å². The first kappa shape index (κ1) is 14.0. The molecule has 20 heavy (non-hydrogen) atoms. The molecule has 1 aromatic carbocycles. The smallest absolute Gasteiger partial charge is 0.257 e. The molecule has 0 saturated carbocycles. The first-order valence-electron chi connectivity index (χ1n) is 6.17. The average Bonchev–Trinajstić information content (AvgIpc) is 2.68. The lowest BCUT2D eigenvalue weighted by atomic mass is 10.1. The summed E-state index contributed by atoms with van der Waals surface area (Å²) in [5.41, 5.74) is 2.63. The fraction of sp³-hybridized carbons (Fsp3) is 0.200. The van der Waals surface area contributed by atoms with Crippen LogP contribution in [0.2, 0.25) is 0 Å². The van der Waals surface area contributed by atoms with Gasteiger partial charge in [-0.25, -0.2) is 4.39 Å². The largest absolute Gasteiger partial charge is 0.355 e. The summed E-state index contributed by atoms with van der Waals surface area (Å²) in [5, 5.41) is 2.68. The molecule has 1 amide bonds. The molecular formula is C15H15FN2O2. The number of carbonyl (C=O) groups is 2. The molecule has 0 radical (unpaired) electrons. The van der Waals surface area contributed by atoms with Crippen LogP contribution in [0.5, 0.6) is 0 Å². The molecule has 2 rings (SSSR count). The van der Waals surface area contributed by atoms with Gasteiger partial charge in [-0.2, -0.15) is 0 Å². The van der Waals surface area contributed by atoms with Gasteiger partial charge in [0.2, 0.25) is 0 Å². The zero-order valence-corrected chi connectivity index (χ0v) is 11.5. The number of benzene rings is 1. The third kappa shape index (κ3) is 2.61. The molecule has 0 aliphatic rings. The maximum atomic E-state index is 12.8. The van der Waals surface area contributed by atoms with Crippen molar-refractivity contribution in [3.8, 4) is 0 Å². The van der Waals surface area contributed by atoms with Crippen molar-refractivity contribution < 1.29 is 14.0 Å². The van der Waals surface area contributed by atoms with Crippen molar-refractivity contribution in [2.24, 2.45) is 0 Å². The highest BCUT2D eigenvalue weighted by Gasteiger charge is 2.20. The van der Waals surface area contributed by atoms with Gasteiger partial charge < -0.3 is 10.3 Å². The van der Waals surface area contributed by atoms with Gasteiger partial charge in [-0.1, -0.05) is 0 Å². The Morgan fingerprint density at radius 2 is 1.75 bits per heavy atom. The maximum absolute atomic E-state index is 12.8. The number of nitrogens with one attached hydrogen (secondary N) is 2. The van der Waals surface area contributed by atoms with Gasteiger partial charge in [0.25, 0.3) is 5.91 Å². The number of anilines is 1. The summed E-state index contributed by atoms with van der Waals surface area (Å²) >= 11 is 0. The number of carbonyl (C=O) groups excluding carboxylic acids is 2. The Balaban J connectivity index is 2.30. The molecule has 0 aliphatic heterocycles. The molecule has 1 aromatic heterocycles. The van der Waals surface area contributed by atoms with Gasteiger partial charge in [-0.15, -0.1) is 0 Å². The summed E-state index contributed by atoms with van der Waals surface area (Å²) in [6.07, 6.45) is 0. The molecule has 0 saturated heterocycles. The second kappa shape index (κ2) is 5.28. The van der Waals surface area contributed by atoms with Crippen molar-refractivity contribution in [3.05, 3.63) is 52.6 Å². The Kier molecular flexibility index (Phi) is 3.70. The van der Waals surface area contributed by atoms with Gasteiger partial charge in [-0.05, 0) is 43.7 Å². The summed E-state index contributed by atoms with van der Waals surface area (Å²) < 4.78 is 12.8. The van der Waals surface area contributed by atoms with Crippen molar-refractivity contribution in [1.29, 1.82) is 0 Å². The topological polar surface area (TPSA) is 62.0 Å². The second-order valence-electron chi connectivity index (χ2n) is 4.64. The summed E-state index contributed by atoms with van der Waals surface area (Å²) in [6.45, 7) is 4.90. The third-order valence-corrected chi connectivity index (χ3v) is 3.12. The van der Waals surface area contributed by atoms with Crippen molar-refractivity contribution >= 4 is 17.4 Å². The van der Waals surface area contributed by atoms with E-state index in [1.165, 1.54) is 31.2 Å². The highest BCUT2D eigenvalue weighted by molar-refractivity contribution is 6.08. The number of H-pyrrole nitrogens is 1.